The van der Waals surface area contributed by atoms with Gasteiger partial charge in [0.25, 0.3) is 0 Å². The summed E-state index contributed by atoms with van der Waals surface area (Å²) in [4.78, 5) is 2.56. The zero-order valence-corrected chi connectivity index (χ0v) is 29.8. The maximum Gasteiger partial charge on any atom is 0.0621 e. The molecule has 9 rings (SSSR count). The molecule has 0 fully saturated rings. The van der Waals surface area contributed by atoms with Crippen molar-refractivity contribution in [2.45, 2.75) is 32.1 Å². The van der Waals surface area contributed by atoms with Crippen LogP contribution in [0, 0.1) is 0 Å². The first-order chi connectivity index (χ1) is 25.7. The second-order valence-corrected chi connectivity index (χ2v) is 13.9. The Morgan fingerprint density at radius 3 is 1.67 bits per heavy atom. The van der Waals surface area contributed by atoms with Crippen LogP contribution in [0.5, 0.6) is 0 Å². The Hall–Kier alpha value is -6.18. The van der Waals surface area contributed by atoms with Crippen LogP contribution < -0.4 is 4.90 Å². The van der Waals surface area contributed by atoms with Crippen LogP contribution in [-0.2, 0) is 5.41 Å². The zero-order chi connectivity index (χ0) is 35.1. The number of hydrogen-bond acceptors (Lipinski definition) is 1. The number of nitrogens with zero attached hydrogens (tertiary/aromatic N) is 1. The molecule has 1 nitrogen and oxygen atoms in total. The van der Waals surface area contributed by atoms with Crippen molar-refractivity contribution in [3.63, 3.8) is 0 Å². The van der Waals surface area contributed by atoms with Crippen LogP contribution in [0.25, 0.3) is 55.3 Å². The van der Waals surface area contributed by atoms with Gasteiger partial charge < -0.3 is 4.90 Å². The molecular formula is C51H41N. The maximum atomic E-state index is 2.56. The second-order valence-electron chi connectivity index (χ2n) is 13.9. The van der Waals surface area contributed by atoms with E-state index < -0.39 is 0 Å². The molecule has 1 heteroatoms. The molecular weight excluding hydrogens is 627 g/mol. The van der Waals surface area contributed by atoms with Crippen LogP contribution in [0.15, 0.2) is 188 Å². The molecule has 0 radical (unpaired) electrons. The monoisotopic (exact) mass is 667 g/mol. The standard InChI is InChI=1S/C51H41N/c1-3-51(4-2)46-29-17-15-28-45(46)49-47(51)35-39-23-11-12-25-42(39)50(49)52(40-33-31-37(32-34-40)36-19-7-5-8-20-36)48-30-18-16-27-44(48)43-26-14-13-24-41(43)38-21-9-6-10-22-38/h5-35H,3-4H2,1-2H3. The Kier molecular flexibility index (Phi) is 8.05. The number of hydrogen-bond donors (Lipinski definition) is 0. The van der Waals surface area contributed by atoms with Gasteiger partial charge in [0, 0.05) is 27.6 Å². The average molecular weight is 668 g/mol. The Bertz CT molecular complexity index is 2530. The van der Waals surface area contributed by atoms with E-state index in [4.69, 9.17) is 0 Å². The molecule has 0 bridgehead atoms. The van der Waals surface area contributed by atoms with E-state index in [-0.39, 0.29) is 5.41 Å². The first-order valence-corrected chi connectivity index (χ1v) is 18.6. The Labute approximate surface area is 307 Å². The van der Waals surface area contributed by atoms with Gasteiger partial charge in [-0.1, -0.05) is 178 Å². The molecule has 250 valence electrons. The van der Waals surface area contributed by atoms with E-state index >= 15 is 0 Å². The van der Waals surface area contributed by atoms with Crippen molar-refractivity contribution in [2.75, 3.05) is 4.90 Å². The number of benzene rings is 8. The van der Waals surface area contributed by atoms with Crippen LogP contribution >= 0.6 is 0 Å². The summed E-state index contributed by atoms with van der Waals surface area (Å²) < 4.78 is 0. The summed E-state index contributed by atoms with van der Waals surface area (Å²) in [5.74, 6) is 0. The highest BCUT2D eigenvalue weighted by atomic mass is 15.1. The van der Waals surface area contributed by atoms with Crippen LogP contribution in [0.4, 0.5) is 17.1 Å². The first kappa shape index (κ1) is 31.8. The lowest BCUT2D eigenvalue weighted by atomic mass is 9.73. The quantitative estimate of drug-likeness (QED) is 0.156. The predicted octanol–water partition coefficient (Wildman–Crippen LogP) is 14.4. The van der Waals surface area contributed by atoms with Crippen molar-refractivity contribution in [1.29, 1.82) is 0 Å². The van der Waals surface area contributed by atoms with Crippen LogP contribution in [-0.4, -0.2) is 0 Å². The summed E-state index contributed by atoms with van der Waals surface area (Å²) in [6, 6.07) is 69.1. The molecule has 0 saturated carbocycles. The molecule has 0 N–H and O–H groups in total. The van der Waals surface area contributed by atoms with Gasteiger partial charge in [0.2, 0.25) is 0 Å². The lowest BCUT2D eigenvalue weighted by molar-refractivity contribution is 0.491. The molecule has 0 spiro atoms. The van der Waals surface area contributed by atoms with E-state index in [1.54, 1.807) is 0 Å². The van der Waals surface area contributed by atoms with Crippen molar-refractivity contribution < 1.29 is 0 Å². The van der Waals surface area contributed by atoms with Gasteiger partial charge in [-0.2, -0.15) is 0 Å². The number of para-hydroxylation sites is 1. The van der Waals surface area contributed by atoms with Gasteiger partial charge in [0.1, 0.15) is 0 Å². The zero-order valence-electron chi connectivity index (χ0n) is 29.8. The predicted molar refractivity (Wildman–Crippen MR) is 222 cm³/mol. The van der Waals surface area contributed by atoms with E-state index in [1.807, 2.05) is 0 Å². The third-order valence-corrected chi connectivity index (χ3v) is 11.4. The van der Waals surface area contributed by atoms with Gasteiger partial charge in [-0.05, 0) is 87.0 Å². The highest BCUT2D eigenvalue weighted by molar-refractivity contribution is 6.11. The van der Waals surface area contributed by atoms with Crippen molar-refractivity contribution >= 4 is 27.8 Å². The largest absolute Gasteiger partial charge is 0.309 e. The highest BCUT2D eigenvalue weighted by Crippen LogP contribution is 2.59. The van der Waals surface area contributed by atoms with Gasteiger partial charge in [-0.15, -0.1) is 0 Å². The van der Waals surface area contributed by atoms with Crippen LogP contribution in [0.1, 0.15) is 37.8 Å². The fraction of sp³-hybridized carbons (Fsp3) is 0.0980. The van der Waals surface area contributed by atoms with Gasteiger partial charge in [0.15, 0.2) is 0 Å². The summed E-state index contributed by atoms with van der Waals surface area (Å²) in [5, 5.41) is 2.51. The molecule has 52 heavy (non-hydrogen) atoms. The van der Waals surface area contributed by atoms with Crippen molar-refractivity contribution in [3.8, 4) is 44.5 Å². The molecule has 0 unspecified atom stereocenters. The average Bonchev–Trinajstić information content (AvgIpc) is 3.51. The molecule has 8 aromatic carbocycles. The topological polar surface area (TPSA) is 3.24 Å². The van der Waals surface area contributed by atoms with Crippen LogP contribution in [0.2, 0.25) is 0 Å². The van der Waals surface area contributed by atoms with Crippen molar-refractivity contribution in [3.05, 3.63) is 199 Å². The minimum absolute atomic E-state index is 0.0625. The lowest BCUT2D eigenvalue weighted by Crippen LogP contribution is -2.23. The van der Waals surface area contributed by atoms with E-state index in [2.05, 4.69) is 207 Å². The number of rotatable bonds is 8. The fourth-order valence-electron chi connectivity index (χ4n) is 8.79. The molecule has 0 saturated heterocycles. The maximum absolute atomic E-state index is 2.56. The molecule has 1 aliphatic carbocycles. The smallest absolute Gasteiger partial charge is 0.0621 e. The summed E-state index contributed by atoms with van der Waals surface area (Å²) in [6.07, 6.45) is 2.08. The Morgan fingerprint density at radius 1 is 0.423 bits per heavy atom. The minimum atomic E-state index is -0.0625. The van der Waals surface area contributed by atoms with Gasteiger partial charge in [-0.25, -0.2) is 0 Å². The molecule has 0 atom stereocenters. The van der Waals surface area contributed by atoms with Crippen molar-refractivity contribution in [1.82, 2.24) is 0 Å². The number of anilines is 3. The summed E-state index contributed by atoms with van der Waals surface area (Å²) in [7, 11) is 0. The normalized spacial score (nSPS) is 12.7. The Balaban J connectivity index is 1.38. The van der Waals surface area contributed by atoms with E-state index in [1.165, 1.54) is 72.1 Å². The summed E-state index contributed by atoms with van der Waals surface area (Å²) >= 11 is 0. The summed E-state index contributed by atoms with van der Waals surface area (Å²) in [6.45, 7) is 4.72. The van der Waals surface area contributed by atoms with Gasteiger partial charge in [-0.3, -0.25) is 0 Å². The fourth-order valence-corrected chi connectivity index (χ4v) is 8.79. The molecule has 8 aromatic rings. The van der Waals surface area contributed by atoms with Gasteiger partial charge >= 0.3 is 0 Å². The third-order valence-electron chi connectivity index (χ3n) is 11.4. The molecule has 1 aliphatic rings. The summed E-state index contributed by atoms with van der Waals surface area (Å²) in [5.41, 5.74) is 16.3. The van der Waals surface area contributed by atoms with E-state index in [0.29, 0.717) is 0 Å². The van der Waals surface area contributed by atoms with E-state index in [9.17, 15) is 0 Å². The van der Waals surface area contributed by atoms with Gasteiger partial charge in [0.05, 0.1) is 11.4 Å². The second kappa shape index (κ2) is 13.2. The first-order valence-electron chi connectivity index (χ1n) is 18.6. The lowest BCUT2D eigenvalue weighted by Gasteiger charge is -2.33. The Morgan fingerprint density at radius 2 is 0.962 bits per heavy atom. The molecule has 0 aliphatic heterocycles. The molecule has 0 aromatic heterocycles. The molecule has 0 heterocycles. The van der Waals surface area contributed by atoms with Crippen LogP contribution in [0.3, 0.4) is 0 Å². The van der Waals surface area contributed by atoms with Crippen molar-refractivity contribution in [2.24, 2.45) is 0 Å². The highest BCUT2D eigenvalue weighted by Gasteiger charge is 2.43. The SMILES string of the molecule is CCC1(CC)c2ccccc2-c2c1cc1ccccc1c2N(c1ccc(-c2ccccc2)cc1)c1ccccc1-c1ccccc1-c1ccccc1. The third kappa shape index (κ3) is 5.08. The minimum Gasteiger partial charge on any atom is -0.309 e. The molecule has 0 amide bonds. The van der Waals surface area contributed by atoms with E-state index in [0.717, 1.165) is 24.2 Å². The number of fused-ring (bicyclic) bond motifs is 4.